The zero-order chi connectivity index (χ0) is 13.7. The van der Waals surface area contributed by atoms with Gasteiger partial charge in [0.25, 0.3) is 0 Å². The molecule has 2 aromatic rings. The molecule has 0 aliphatic heterocycles. The summed E-state index contributed by atoms with van der Waals surface area (Å²) in [6.07, 6.45) is 5.66. The minimum atomic E-state index is -0.0816. The summed E-state index contributed by atoms with van der Waals surface area (Å²) < 4.78 is 2.28. The summed E-state index contributed by atoms with van der Waals surface area (Å²) in [5.41, 5.74) is 4.73. The van der Waals surface area contributed by atoms with Gasteiger partial charge >= 0.3 is 0 Å². The van der Waals surface area contributed by atoms with E-state index in [4.69, 9.17) is 5.84 Å². The molecule has 19 heavy (non-hydrogen) atoms. The Morgan fingerprint density at radius 3 is 2.89 bits per heavy atom. The number of unbranched alkanes of at least 4 members (excludes halogenated alkanes) is 2. The molecule has 102 valence electrons. The van der Waals surface area contributed by atoms with Gasteiger partial charge in [0.05, 0.1) is 0 Å². The van der Waals surface area contributed by atoms with Gasteiger partial charge in [0.2, 0.25) is 5.91 Å². The van der Waals surface area contributed by atoms with Crippen molar-refractivity contribution in [3.05, 3.63) is 36.0 Å². The first-order valence-corrected chi connectivity index (χ1v) is 6.75. The zero-order valence-corrected chi connectivity index (χ0v) is 11.4. The van der Waals surface area contributed by atoms with E-state index < -0.39 is 0 Å². The second-order valence-electron chi connectivity index (χ2n) is 4.95. The lowest BCUT2D eigenvalue weighted by atomic mass is 10.1. The molecular formula is C15H21N3O. The molecule has 0 fully saturated rings. The number of hydrogen-bond donors (Lipinski definition) is 2. The van der Waals surface area contributed by atoms with E-state index >= 15 is 0 Å². The minimum absolute atomic E-state index is 0.0816. The maximum atomic E-state index is 11.0. The quantitative estimate of drug-likeness (QED) is 0.362. The van der Waals surface area contributed by atoms with Crippen molar-refractivity contribution in [3.8, 4) is 0 Å². The predicted molar refractivity (Wildman–Crippen MR) is 77.5 cm³/mol. The average molecular weight is 259 g/mol. The van der Waals surface area contributed by atoms with Gasteiger partial charge in [-0.25, -0.2) is 5.84 Å². The number of carbonyl (C=O) groups excluding carboxylic acids is 1. The average Bonchev–Trinajstić information content (AvgIpc) is 2.80. The van der Waals surface area contributed by atoms with Crippen LogP contribution in [-0.4, -0.2) is 10.5 Å². The third-order valence-electron chi connectivity index (χ3n) is 3.39. The van der Waals surface area contributed by atoms with Gasteiger partial charge in [0.1, 0.15) is 0 Å². The summed E-state index contributed by atoms with van der Waals surface area (Å²) >= 11 is 0. The topological polar surface area (TPSA) is 60.0 Å². The fraction of sp³-hybridized carbons (Fsp3) is 0.400. The smallest absolute Gasteiger partial charge is 0.233 e. The van der Waals surface area contributed by atoms with Crippen LogP contribution in [0.15, 0.2) is 30.5 Å². The van der Waals surface area contributed by atoms with Crippen molar-refractivity contribution in [3.63, 3.8) is 0 Å². The van der Waals surface area contributed by atoms with E-state index in [-0.39, 0.29) is 5.91 Å². The molecule has 4 heteroatoms. The van der Waals surface area contributed by atoms with Crippen LogP contribution in [0.2, 0.25) is 0 Å². The first kappa shape index (κ1) is 13.6. The van der Waals surface area contributed by atoms with Crippen molar-refractivity contribution in [2.45, 2.75) is 39.2 Å². The Kier molecular flexibility index (Phi) is 4.58. The Morgan fingerprint density at radius 1 is 1.26 bits per heavy atom. The highest BCUT2D eigenvalue weighted by molar-refractivity contribution is 5.80. The molecule has 1 aromatic heterocycles. The number of rotatable bonds is 6. The van der Waals surface area contributed by atoms with Crippen molar-refractivity contribution in [2.75, 3.05) is 0 Å². The second kappa shape index (κ2) is 6.38. The maximum Gasteiger partial charge on any atom is 0.233 e. The highest BCUT2D eigenvalue weighted by Crippen LogP contribution is 2.18. The lowest BCUT2D eigenvalue weighted by molar-refractivity contribution is -0.121. The van der Waals surface area contributed by atoms with E-state index in [0.29, 0.717) is 6.42 Å². The number of amides is 1. The molecule has 2 rings (SSSR count). The van der Waals surface area contributed by atoms with E-state index in [1.807, 2.05) is 0 Å². The maximum absolute atomic E-state index is 11.0. The number of nitrogens with one attached hydrogen (secondary N) is 1. The van der Waals surface area contributed by atoms with E-state index in [1.165, 1.54) is 16.5 Å². The van der Waals surface area contributed by atoms with Crippen molar-refractivity contribution < 1.29 is 4.79 Å². The van der Waals surface area contributed by atoms with Crippen LogP contribution < -0.4 is 11.3 Å². The van der Waals surface area contributed by atoms with Crippen molar-refractivity contribution in [1.82, 2.24) is 9.99 Å². The van der Waals surface area contributed by atoms with Gasteiger partial charge < -0.3 is 4.57 Å². The lowest BCUT2D eigenvalue weighted by Gasteiger charge is -2.05. The standard InChI is InChI=1S/C15H21N3O/c1-12-6-7-14-13(11-12)8-10-18(14)9-4-2-3-5-15(19)17-16/h6-8,10-11H,2-5,9,16H2,1H3,(H,17,19). The van der Waals surface area contributed by atoms with Crippen LogP contribution in [-0.2, 0) is 11.3 Å². The van der Waals surface area contributed by atoms with Crippen LogP contribution in [0.4, 0.5) is 0 Å². The monoisotopic (exact) mass is 259 g/mol. The molecule has 3 N–H and O–H groups in total. The van der Waals surface area contributed by atoms with Gasteiger partial charge in [0.15, 0.2) is 0 Å². The number of hydrazine groups is 1. The third kappa shape index (κ3) is 3.58. The molecule has 0 unspecified atom stereocenters. The number of fused-ring (bicyclic) bond motifs is 1. The molecule has 1 heterocycles. The first-order valence-electron chi connectivity index (χ1n) is 6.75. The van der Waals surface area contributed by atoms with Crippen LogP contribution >= 0.6 is 0 Å². The molecule has 0 aliphatic rings. The second-order valence-corrected chi connectivity index (χ2v) is 4.95. The lowest BCUT2D eigenvalue weighted by Crippen LogP contribution is -2.29. The van der Waals surface area contributed by atoms with Gasteiger partial charge in [-0.05, 0) is 43.4 Å². The van der Waals surface area contributed by atoms with Crippen LogP contribution in [0.5, 0.6) is 0 Å². The molecule has 4 nitrogen and oxygen atoms in total. The van der Waals surface area contributed by atoms with E-state index in [0.717, 1.165) is 25.8 Å². The van der Waals surface area contributed by atoms with Gasteiger partial charge in [-0.3, -0.25) is 10.2 Å². The van der Waals surface area contributed by atoms with Gasteiger partial charge in [-0.2, -0.15) is 0 Å². The van der Waals surface area contributed by atoms with Crippen LogP contribution in [0.3, 0.4) is 0 Å². The van der Waals surface area contributed by atoms with Crippen LogP contribution in [0.1, 0.15) is 31.2 Å². The van der Waals surface area contributed by atoms with Gasteiger partial charge in [-0.15, -0.1) is 0 Å². The van der Waals surface area contributed by atoms with E-state index in [2.05, 4.69) is 47.4 Å². The summed E-state index contributed by atoms with van der Waals surface area (Å²) in [5, 5.41) is 1.29. The SMILES string of the molecule is Cc1ccc2c(ccn2CCCCCC(=O)NN)c1. The molecule has 0 bridgehead atoms. The predicted octanol–water partition coefficient (Wildman–Crippen LogP) is 2.50. The Morgan fingerprint density at radius 2 is 2.11 bits per heavy atom. The normalized spacial score (nSPS) is 10.8. The molecular weight excluding hydrogens is 238 g/mol. The number of hydrogen-bond acceptors (Lipinski definition) is 2. The van der Waals surface area contributed by atoms with Crippen LogP contribution in [0.25, 0.3) is 10.9 Å². The van der Waals surface area contributed by atoms with E-state index in [9.17, 15) is 4.79 Å². The number of carbonyl (C=O) groups is 1. The van der Waals surface area contributed by atoms with E-state index in [1.54, 1.807) is 0 Å². The zero-order valence-electron chi connectivity index (χ0n) is 11.4. The summed E-state index contributed by atoms with van der Waals surface area (Å²) in [6, 6.07) is 8.68. The number of nitrogens with zero attached hydrogens (tertiary/aromatic N) is 1. The van der Waals surface area contributed by atoms with Crippen molar-refractivity contribution in [2.24, 2.45) is 5.84 Å². The Hall–Kier alpha value is -1.81. The summed E-state index contributed by atoms with van der Waals surface area (Å²) in [7, 11) is 0. The van der Waals surface area contributed by atoms with Crippen LogP contribution in [0, 0.1) is 6.92 Å². The summed E-state index contributed by atoms with van der Waals surface area (Å²) in [5.74, 6) is 4.95. The minimum Gasteiger partial charge on any atom is -0.347 e. The Bertz CT molecular complexity index is 560. The molecule has 0 radical (unpaired) electrons. The molecule has 1 aromatic carbocycles. The fourth-order valence-electron chi connectivity index (χ4n) is 2.33. The highest BCUT2D eigenvalue weighted by Gasteiger charge is 2.01. The molecule has 0 saturated heterocycles. The van der Waals surface area contributed by atoms with Crippen molar-refractivity contribution >= 4 is 16.8 Å². The largest absolute Gasteiger partial charge is 0.347 e. The molecule has 0 saturated carbocycles. The number of aromatic nitrogens is 1. The highest BCUT2D eigenvalue weighted by atomic mass is 16.2. The Labute approximate surface area is 113 Å². The number of aryl methyl sites for hydroxylation is 2. The molecule has 0 atom stereocenters. The number of benzene rings is 1. The number of nitrogens with two attached hydrogens (primary N) is 1. The Balaban J connectivity index is 1.83. The van der Waals surface area contributed by atoms with Gasteiger partial charge in [-0.1, -0.05) is 18.1 Å². The third-order valence-corrected chi connectivity index (χ3v) is 3.39. The first-order chi connectivity index (χ1) is 9.20. The molecule has 0 aliphatic carbocycles. The molecule has 0 spiro atoms. The van der Waals surface area contributed by atoms with Gasteiger partial charge in [0, 0.05) is 24.7 Å². The summed E-state index contributed by atoms with van der Waals surface area (Å²) in [6.45, 7) is 3.11. The summed E-state index contributed by atoms with van der Waals surface area (Å²) in [4.78, 5) is 11.0. The molecule has 1 amide bonds. The fourth-order valence-corrected chi connectivity index (χ4v) is 2.33. The van der Waals surface area contributed by atoms with Crippen molar-refractivity contribution in [1.29, 1.82) is 0 Å².